The molecule has 2 aliphatic rings. The van der Waals surface area contributed by atoms with Crippen molar-refractivity contribution in [1.82, 2.24) is 4.68 Å². The summed E-state index contributed by atoms with van der Waals surface area (Å²) >= 11 is 0.908. The minimum Gasteiger partial charge on any atom is -0.456 e. The van der Waals surface area contributed by atoms with E-state index in [9.17, 15) is 21.4 Å². The minimum atomic E-state index is -4.59. The van der Waals surface area contributed by atoms with Crippen LogP contribution in [0.3, 0.4) is 0 Å². The lowest BCUT2D eigenvalue weighted by molar-refractivity contribution is -0.432. The number of fused-ring (bicyclic) bond motifs is 2. The summed E-state index contributed by atoms with van der Waals surface area (Å²) in [7, 11) is -8.74. The molecule has 2 aromatic carbocycles. The van der Waals surface area contributed by atoms with Gasteiger partial charge in [0.15, 0.2) is 6.54 Å². The van der Waals surface area contributed by atoms with Gasteiger partial charge in [0.25, 0.3) is 20.2 Å². The first-order valence-corrected chi connectivity index (χ1v) is 16.3. The molecule has 2 aromatic rings. The fourth-order valence-corrected chi connectivity index (χ4v) is 5.99. The zero-order valence-electron chi connectivity index (χ0n) is 22.0. The molecule has 0 bridgehead atoms. The molecule has 1 aliphatic carbocycles. The number of nitrogens with two attached hydrogens (primary N) is 2. The Balaban J connectivity index is 1.87. The molecule has 17 heteroatoms. The third-order valence-electron chi connectivity index (χ3n) is 6.29. The average molecular weight is 642 g/mol. The highest BCUT2D eigenvalue weighted by atomic mass is 32.2. The molecular weight excluding hydrogens is 612 g/mol. The van der Waals surface area contributed by atoms with Crippen molar-refractivity contribution in [2.45, 2.75) is 17.7 Å². The first-order valence-electron chi connectivity index (χ1n) is 12.4. The molecule has 0 fully saturated rings. The van der Waals surface area contributed by atoms with E-state index in [1.165, 1.54) is 21.8 Å². The van der Waals surface area contributed by atoms with E-state index < -0.39 is 26.0 Å². The van der Waals surface area contributed by atoms with Crippen LogP contribution in [0.2, 0.25) is 0 Å². The first-order chi connectivity index (χ1) is 19.9. The zero-order chi connectivity index (χ0) is 30.5. The molecule has 0 saturated heterocycles. The number of rotatable bonds is 13. The third-order valence-corrected chi connectivity index (χ3v) is 8.62. The number of anilines is 1. The maximum atomic E-state index is 12.3. The van der Waals surface area contributed by atoms with Crippen molar-refractivity contribution in [3.63, 3.8) is 0 Å². The van der Waals surface area contributed by atoms with Crippen LogP contribution in [0.4, 0.5) is 5.69 Å². The Kier molecular flexibility index (Phi) is 10.1. The van der Waals surface area contributed by atoms with Crippen LogP contribution in [-0.4, -0.2) is 55.8 Å². The molecule has 0 amide bonds. The molecular formula is C25H29N4O10S3+. The first kappa shape index (κ1) is 31.7. The van der Waals surface area contributed by atoms with Gasteiger partial charge < -0.3 is 9.43 Å². The lowest BCUT2D eigenvalue weighted by Crippen LogP contribution is -2.37. The summed E-state index contributed by atoms with van der Waals surface area (Å²) in [4.78, 5) is -0.287. The van der Waals surface area contributed by atoms with E-state index in [1.54, 1.807) is 48.5 Å². The maximum Gasteiger partial charge on any atom is 0.295 e. The lowest BCUT2D eigenvalue weighted by Gasteiger charge is -2.21. The Labute approximate surface area is 245 Å². The molecule has 7 N–H and O–H groups in total. The van der Waals surface area contributed by atoms with E-state index in [0.717, 1.165) is 12.0 Å². The van der Waals surface area contributed by atoms with Gasteiger partial charge in [0.1, 0.15) is 16.2 Å². The van der Waals surface area contributed by atoms with Crippen molar-refractivity contribution in [2.75, 3.05) is 29.6 Å². The number of hydrazine groups is 2. The van der Waals surface area contributed by atoms with Gasteiger partial charge in [-0.15, -0.1) is 9.02 Å². The SMILES string of the molecule is NN(CCCS(=O)(=O)O)c1ccc2c(-c3ccccc3S(=O)(=O)O)c3cc/c(=[N+](\N)CCCSOOO)cc-3oc2c1. The summed E-state index contributed by atoms with van der Waals surface area (Å²) in [6.07, 6.45) is 0.653. The molecule has 1 heterocycles. The van der Waals surface area contributed by atoms with Gasteiger partial charge in [-0.2, -0.15) is 16.8 Å². The Bertz CT molecular complexity index is 1830. The van der Waals surface area contributed by atoms with Gasteiger partial charge >= 0.3 is 0 Å². The van der Waals surface area contributed by atoms with Gasteiger partial charge in [-0.05, 0) is 30.7 Å². The van der Waals surface area contributed by atoms with Crippen molar-refractivity contribution in [1.29, 1.82) is 0 Å². The van der Waals surface area contributed by atoms with Crippen LogP contribution in [0.1, 0.15) is 12.8 Å². The molecule has 4 rings (SSSR count). The molecule has 14 nitrogen and oxygen atoms in total. The normalized spacial score (nSPS) is 13.0. The molecule has 1 aliphatic heterocycles. The van der Waals surface area contributed by atoms with Crippen molar-refractivity contribution in [2.24, 2.45) is 11.7 Å². The molecule has 0 radical (unpaired) electrons. The van der Waals surface area contributed by atoms with E-state index >= 15 is 0 Å². The van der Waals surface area contributed by atoms with Crippen LogP contribution >= 0.6 is 12.0 Å². The third kappa shape index (κ3) is 7.77. The molecule has 0 unspecified atom stereocenters. The van der Waals surface area contributed by atoms with Crippen LogP contribution in [0.5, 0.6) is 0 Å². The monoisotopic (exact) mass is 641 g/mol. The fourth-order valence-electron chi connectivity index (χ4n) is 4.44. The van der Waals surface area contributed by atoms with E-state index in [4.69, 9.17) is 25.9 Å². The van der Waals surface area contributed by atoms with Crippen LogP contribution in [0.15, 0.2) is 70.0 Å². The summed E-state index contributed by atoms with van der Waals surface area (Å²) in [6.45, 7) is 0.520. The summed E-state index contributed by atoms with van der Waals surface area (Å²) in [5.74, 6) is 12.8. The van der Waals surface area contributed by atoms with Gasteiger partial charge in [0.2, 0.25) is 5.36 Å². The molecule has 0 saturated carbocycles. The van der Waals surface area contributed by atoms with Gasteiger partial charge in [-0.3, -0.25) is 9.11 Å². The van der Waals surface area contributed by atoms with Crippen LogP contribution in [0.25, 0.3) is 33.4 Å². The minimum absolute atomic E-state index is 0.0720. The second-order valence-corrected chi connectivity index (χ2v) is 12.9. The van der Waals surface area contributed by atoms with Gasteiger partial charge in [0, 0.05) is 65.0 Å². The van der Waals surface area contributed by atoms with Crippen molar-refractivity contribution < 1.29 is 45.0 Å². The Morgan fingerprint density at radius 3 is 2.45 bits per heavy atom. The Hall–Kier alpha value is -3.26. The second-order valence-electron chi connectivity index (χ2n) is 9.15. The highest BCUT2D eigenvalue weighted by Gasteiger charge is 2.24. The molecule has 0 atom stereocenters. The second kappa shape index (κ2) is 13.4. The van der Waals surface area contributed by atoms with Crippen LogP contribution < -0.4 is 26.7 Å². The van der Waals surface area contributed by atoms with E-state index in [0.29, 0.717) is 57.6 Å². The van der Waals surface area contributed by atoms with Crippen molar-refractivity contribution in [3.05, 3.63) is 66.0 Å². The molecule has 226 valence electrons. The van der Waals surface area contributed by atoms with E-state index in [2.05, 4.69) is 9.37 Å². The predicted octanol–water partition coefficient (Wildman–Crippen LogP) is 2.51. The topological polar surface area (TPSA) is 219 Å². The number of hydrogen-bond donors (Lipinski definition) is 5. The summed E-state index contributed by atoms with van der Waals surface area (Å²) in [6, 6.07) is 16.2. The number of hydrogen-bond acceptors (Lipinski definition) is 12. The standard InChI is InChI=1S/C25H28N4O10S3/c26-28(11-3-13-40-39-38-30)17-7-9-19-22(15-17)37-23-16-18(29(27)12-4-14-41(31,32)33)8-10-20(23)25(19)21-5-1-2-6-24(21)42(34,35)36/h1-2,5-10,15-16H,3-4,11-14,26-27H2,(H2-,30,31,32,33,34,35,36)/p+1. The maximum absolute atomic E-state index is 12.3. The van der Waals surface area contributed by atoms with Crippen molar-refractivity contribution >= 4 is 48.9 Å². The van der Waals surface area contributed by atoms with Crippen LogP contribution in [-0.2, 0) is 29.6 Å². The summed E-state index contributed by atoms with van der Waals surface area (Å²) < 4.78 is 77.9. The van der Waals surface area contributed by atoms with Gasteiger partial charge in [-0.1, -0.05) is 23.2 Å². The van der Waals surface area contributed by atoms with Gasteiger partial charge in [-0.25, -0.2) is 16.9 Å². The highest BCUT2D eigenvalue weighted by Crippen LogP contribution is 2.42. The van der Waals surface area contributed by atoms with Crippen LogP contribution in [0, 0.1) is 0 Å². The fraction of sp³-hybridized carbons (Fsp3) is 0.240. The summed E-state index contributed by atoms with van der Waals surface area (Å²) in [5, 5.41) is 14.2. The molecule has 42 heavy (non-hydrogen) atoms. The summed E-state index contributed by atoms with van der Waals surface area (Å²) in [5.41, 5.74) is 2.07. The number of nitrogens with zero attached hydrogens (tertiary/aromatic N) is 2. The Morgan fingerprint density at radius 1 is 0.976 bits per heavy atom. The predicted molar refractivity (Wildman–Crippen MR) is 157 cm³/mol. The molecule has 0 aromatic heterocycles. The lowest BCUT2D eigenvalue weighted by atomic mass is 9.93. The van der Waals surface area contributed by atoms with Crippen molar-refractivity contribution in [3.8, 4) is 22.5 Å². The van der Waals surface area contributed by atoms with E-state index in [1.807, 2.05) is 0 Å². The quantitative estimate of drug-likeness (QED) is 0.0207. The Morgan fingerprint density at radius 2 is 1.74 bits per heavy atom. The van der Waals surface area contributed by atoms with E-state index in [-0.39, 0.29) is 23.4 Å². The van der Waals surface area contributed by atoms with Gasteiger partial charge in [0.05, 0.1) is 17.5 Å². The highest BCUT2D eigenvalue weighted by molar-refractivity contribution is 7.94. The smallest absolute Gasteiger partial charge is 0.295 e. The zero-order valence-corrected chi connectivity index (χ0v) is 24.4. The molecule has 0 spiro atoms. The number of benzene rings is 3. The largest absolute Gasteiger partial charge is 0.456 e. The average Bonchev–Trinajstić information content (AvgIpc) is 2.93.